The van der Waals surface area contributed by atoms with Gasteiger partial charge in [0, 0.05) is 32.1 Å². The Labute approximate surface area is 110 Å². The second-order valence-electron chi connectivity index (χ2n) is 4.64. The fraction of sp³-hybridized carbons (Fsp3) is 0.538. The molecule has 3 N–H and O–H groups in total. The molecule has 1 saturated heterocycles. The number of hydrogen-bond acceptors (Lipinski definition) is 4. The van der Waals surface area contributed by atoms with Crippen molar-refractivity contribution < 1.29 is 18.6 Å². The summed E-state index contributed by atoms with van der Waals surface area (Å²) in [5.41, 5.74) is 0.874. The van der Waals surface area contributed by atoms with Crippen molar-refractivity contribution in [3.8, 4) is 5.75 Å². The summed E-state index contributed by atoms with van der Waals surface area (Å²) in [6.07, 6.45) is -0.319. The molecule has 106 valence electrons. The zero-order valence-corrected chi connectivity index (χ0v) is 10.5. The minimum atomic E-state index is -2.80. The van der Waals surface area contributed by atoms with Gasteiger partial charge in [0.1, 0.15) is 5.75 Å². The van der Waals surface area contributed by atoms with Crippen molar-refractivity contribution >= 4 is 0 Å². The summed E-state index contributed by atoms with van der Waals surface area (Å²) < 4.78 is 28.5. The van der Waals surface area contributed by atoms with Gasteiger partial charge in [-0.25, -0.2) is 0 Å². The normalized spacial score (nSPS) is 22.9. The summed E-state index contributed by atoms with van der Waals surface area (Å²) in [5.74, 6) is 0.359. The number of benzene rings is 1. The Morgan fingerprint density at radius 3 is 2.95 bits per heavy atom. The molecule has 0 bridgehead atoms. The lowest BCUT2D eigenvalue weighted by Crippen LogP contribution is -2.30. The summed E-state index contributed by atoms with van der Waals surface area (Å²) in [6, 6.07) is 6.61. The molecule has 0 aliphatic carbocycles. The van der Waals surface area contributed by atoms with Gasteiger partial charge in [-0.1, -0.05) is 12.1 Å². The van der Waals surface area contributed by atoms with Crippen LogP contribution < -0.4 is 15.4 Å². The van der Waals surface area contributed by atoms with E-state index in [9.17, 15) is 13.9 Å². The smallest absolute Gasteiger partial charge is 0.387 e. The molecule has 2 atom stereocenters. The minimum Gasteiger partial charge on any atom is -0.435 e. The standard InChI is InChI=1S/C13H18F2N2O2/c14-13(15)19-11-3-1-2-9(4-11)5-16-6-10-7-17-8-12(10)18/h1-4,10,12-13,16-18H,5-8H2. The molecular formula is C13H18F2N2O2. The highest BCUT2D eigenvalue weighted by Gasteiger charge is 2.23. The van der Waals surface area contributed by atoms with Crippen LogP contribution in [0.4, 0.5) is 8.78 Å². The van der Waals surface area contributed by atoms with Crippen LogP contribution in [0.25, 0.3) is 0 Å². The molecule has 2 rings (SSSR count). The highest BCUT2D eigenvalue weighted by atomic mass is 19.3. The van der Waals surface area contributed by atoms with E-state index in [4.69, 9.17) is 0 Å². The van der Waals surface area contributed by atoms with Crippen molar-refractivity contribution in [2.24, 2.45) is 5.92 Å². The molecule has 1 fully saturated rings. The summed E-state index contributed by atoms with van der Waals surface area (Å²) in [6.45, 7) is -0.132. The van der Waals surface area contributed by atoms with Crippen molar-refractivity contribution in [1.82, 2.24) is 10.6 Å². The molecule has 1 aliphatic heterocycles. The number of aliphatic hydroxyl groups excluding tert-OH is 1. The van der Waals surface area contributed by atoms with Crippen LogP contribution in [0.5, 0.6) is 5.75 Å². The Hall–Kier alpha value is -1.24. The molecule has 0 amide bonds. The molecule has 0 spiro atoms. The van der Waals surface area contributed by atoms with Crippen LogP contribution in [-0.2, 0) is 6.54 Å². The fourth-order valence-corrected chi connectivity index (χ4v) is 2.16. The van der Waals surface area contributed by atoms with E-state index in [1.54, 1.807) is 12.1 Å². The quantitative estimate of drug-likeness (QED) is 0.722. The second kappa shape index (κ2) is 6.79. The first-order valence-corrected chi connectivity index (χ1v) is 6.28. The monoisotopic (exact) mass is 272 g/mol. The Morgan fingerprint density at radius 2 is 2.26 bits per heavy atom. The van der Waals surface area contributed by atoms with Gasteiger partial charge in [0.15, 0.2) is 0 Å². The van der Waals surface area contributed by atoms with Gasteiger partial charge < -0.3 is 20.5 Å². The Bertz CT molecular complexity index is 404. The van der Waals surface area contributed by atoms with Crippen molar-refractivity contribution in [3.63, 3.8) is 0 Å². The summed E-state index contributed by atoms with van der Waals surface area (Å²) in [5, 5.41) is 15.9. The summed E-state index contributed by atoms with van der Waals surface area (Å²) >= 11 is 0. The van der Waals surface area contributed by atoms with Crippen LogP contribution in [0, 0.1) is 5.92 Å². The zero-order chi connectivity index (χ0) is 13.7. The molecule has 6 heteroatoms. The van der Waals surface area contributed by atoms with Gasteiger partial charge in [-0.2, -0.15) is 8.78 Å². The maximum Gasteiger partial charge on any atom is 0.387 e. The lowest BCUT2D eigenvalue weighted by atomic mass is 10.1. The molecule has 1 heterocycles. The van der Waals surface area contributed by atoms with Crippen molar-refractivity contribution in [2.45, 2.75) is 19.3 Å². The Balaban J connectivity index is 1.79. The number of nitrogens with one attached hydrogen (secondary N) is 2. The third kappa shape index (κ3) is 4.41. The third-order valence-corrected chi connectivity index (χ3v) is 3.16. The average molecular weight is 272 g/mol. The molecule has 0 radical (unpaired) electrons. The highest BCUT2D eigenvalue weighted by molar-refractivity contribution is 5.28. The molecule has 1 aliphatic rings. The van der Waals surface area contributed by atoms with Gasteiger partial charge in [0.25, 0.3) is 0 Å². The topological polar surface area (TPSA) is 53.5 Å². The largest absolute Gasteiger partial charge is 0.435 e. The number of alkyl halides is 2. The zero-order valence-electron chi connectivity index (χ0n) is 10.5. The Morgan fingerprint density at radius 1 is 1.42 bits per heavy atom. The lowest BCUT2D eigenvalue weighted by Gasteiger charge is -2.14. The molecular weight excluding hydrogens is 254 g/mol. The molecule has 1 aromatic carbocycles. The number of hydrogen-bond donors (Lipinski definition) is 3. The van der Waals surface area contributed by atoms with Crippen LogP contribution in [0.3, 0.4) is 0 Å². The van der Waals surface area contributed by atoms with E-state index < -0.39 is 6.61 Å². The van der Waals surface area contributed by atoms with E-state index >= 15 is 0 Å². The maximum atomic E-state index is 12.1. The van der Waals surface area contributed by atoms with Crippen molar-refractivity contribution in [1.29, 1.82) is 0 Å². The number of rotatable bonds is 6. The third-order valence-electron chi connectivity index (χ3n) is 3.16. The van der Waals surface area contributed by atoms with E-state index in [1.165, 1.54) is 6.07 Å². The molecule has 0 aromatic heterocycles. The minimum absolute atomic E-state index is 0.164. The SMILES string of the molecule is OC1CNCC1CNCc1cccc(OC(F)F)c1. The van der Waals surface area contributed by atoms with Crippen molar-refractivity contribution in [3.05, 3.63) is 29.8 Å². The van der Waals surface area contributed by atoms with Gasteiger partial charge in [0.05, 0.1) is 6.10 Å². The van der Waals surface area contributed by atoms with E-state index in [0.717, 1.165) is 12.1 Å². The summed E-state index contributed by atoms with van der Waals surface area (Å²) in [4.78, 5) is 0. The average Bonchev–Trinajstić information content (AvgIpc) is 2.75. The molecule has 1 aromatic rings. The van der Waals surface area contributed by atoms with Crippen LogP contribution in [0.1, 0.15) is 5.56 Å². The molecule has 0 saturated carbocycles. The molecule has 4 nitrogen and oxygen atoms in total. The molecule has 2 unspecified atom stereocenters. The van der Waals surface area contributed by atoms with Crippen LogP contribution >= 0.6 is 0 Å². The van der Waals surface area contributed by atoms with Gasteiger partial charge in [0.2, 0.25) is 0 Å². The van der Waals surface area contributed by atoms with Gasteiger partial charge in [-0.15, -0.1) is 0 Å². The highest BCUT2D eigenvalue weighted by Crippen LogP contribution is 2.16. The van der Waals surface area contributed by atoms with E-state index in [2.05, 4.69) is 15.4 Å². The first kappa shape index (κ1) is 14.2. The van der Waals surface area contributed by atoms with Gasteiger partial charge >= 0.3 is 6.61 Å². The second-order valence-corrected chi connectivity index (χ2v) is 4.64. The van der Waals surface area contributed by atoms with Gasteiger partial charge in [-0.05, 0) is 17.7 Å². The Kier molecular flexibility index (Phi) is 5.07. The number of β-amino-alcohol motifs (C(OH)–C–C–N with tert-alkyl or cyclic N) is 1. The maximum absolute atomic E-state index is 12.1. The number of aliphatic hydroxyl groups is 1. The number of ether oxygens (including phenoxy) is 1. The number of halogens is 2. The van der Waals surface area contributed by atoms with Crippen LogP contribution in [0.2, 0.25) is 0 Å². The predicted octanol–water partition coefficient (Wildman–Crippen LogP) is 0.958. The molecule has 19 heavy (non-hydrogen) atoms. The van der Waals surface area contributed by atoms with E-state index in [0.29, 0.717) is 19.6 Å². The lowest BCUT2D eigenvalue weighted by molar-refractivity contribution is -0.0498. The first-order valence-electron chi connectivity index (χ1n) is 6.28. The van der Waals surface area contributed by atoms with E-state index in [1.807, 2.05) is 6.07 Å². The van der Waals surface area contributed by atoms with Crippen LogP contribution in [-0.4, -0.2) is 37.5 Å². The first-order chi connectivity index (χ1) is 9.15. The van der Waals surface area contributed by atoms with Crippen molar-refractivity contribution in [2.75, 3.05) is 19.6 Å². The van der Waals surface area contributed by atoms with Crippen LogP contribution in [0.15, 0.2) is 24.3 Å². The fourth-order valence-electron chi connectivity index (χ4n) is 2.16. The van der Waals surface area contributed by atoms with Gasteiger partial charge in [-0.3, -0.25) is 0 Å². The predicted molar refractivity (Wildman–Crippen MR) is 67.1 cm³/mol. The summed E-state index contributed by atoms with van der Waals surface area (Å²) in [7, 11) is 0. The van der Waals surface area contributed by atoms with E-state index in [-0.39, 0.29) is 17.8 Å².